The number of amides is 1. The molecule has 0 saturated carbocycles. The number of carbonyl (C=O) groups is 2. The van der Waals surface area contributed by atoms with Crippen LogP contribution in [0.4, 0.5) is 0 Å². The number of esters is 1. The van der Waals surface area contributed by atoms with Crippen LogP contribution in [0.1, 0.15) is 44.2 Å². The molecule has 22 heavy (non-hydrogen) atoms. The molecule has 1 N–H and O–H groups in total. The summed E-state index contributed by atoms with van der Waals surface area (Å²) in [4.78, 5) is 23.6. The van der Waals surface area contributed by atoms with Gasteiger partial charge < -0.3 is 0 Å². The summed E-state index contributed by atoms with van der Waals surface area (Å²) in [5.41, 5.74) is 2.04. The van der Waals surface area contributed by atoms with Gasteiger partial charge in [-0.15, -0.1) is 0 Å². The number of carbonyl (C=O) groups excluding carboxylic acids is 2. The molecule has 1 atom stereocenters. The van der Waals surface area contributed by atoms with Crippen molar-refractivity contribution >= 4 is 26.8 Å². The Hall–Kier alpha value is -1.32. The van der Waals surface area contributed by atoms with Crippen LogP contribution in [0.2, 0.25) is 11.1 Å². The number of aryl methyl sites for hydroxylation is 1. The fourth-order valence-corrected chi connectivity index (χ4v) is 2.98. The zero-order chi connectivity index (χ0) is 16.7. The predicted molar refractivity (Wildman–Crippen MR) is 89.5 cm³/mol. The van der Waals surface area contributed by atoms with Gasteiger partial charge in [-0.1, -0.05) is 0 Å². The van der Waals surface area contributed by atoms with Crippen molar-refractivity contribution in [2.24, 2.45) is 0 Å². The van der Waals surface area contributed by atoms with Crippen LogP contribution in [0.3, 0.4) is 0 Å². The third-order valence-corrected chi connectivity index (χ3v) is 4.71. The monoisotopic (exact) mass is 371 g/mol. The predicted octanol–water partition coefficient (Wildman–Crippen LogP) is 3.09. The van der Waals surface area contributed by atoms with E-state index in [1.165, 1.54) is 6.92 Å². The van der Waals surface area contributed by atoms with E-state index in [0.29, 0.717) is 33.0 Å². The van der Waals surface area contributed by atoms with Gasteiger partial charge in [-0.25, -0.2) is 0 Å². The van der Waals surface area contributed by atoms with E-state index in [2.05, 4.69) is 25.0 Å². The summed E-state index contributed by atoms with van der Waals surface area (Å²) in [5, 5.41) is 3.62. The number of benzene rings is 1. The van der Waals surface area contributed by atoms with Gasteiger partial charge in [0.25, 0.3) is 0 Å². The molecule has 1 amide bonds. The molecule has 0 spiro atoms. The standard InChI is InChI=1S/C17H25NO3Se/c1-11(2)14-7-6-12(3)16(10-14)21-17(20)15(8-9-22-5)18-13(4)19/h6-7,10-11,15H,8-9H2,1-5H3,(H,18,19)/t15-/m0/s1. The molecule has 122 valence electrons. The van der Waals surface area contributed by atoms with Gasteiger partial charge in [0, 0.05) is 0 Å². The van der Waals surface area contributed by atoms with Crippen molar-refractivity contribution in [3.63, 3.8) is 0 Å². The Labute approximate surface area is 139 Å². The minimum atomic E-state index is -0.568. The van der Waals surface area contributed by atoms with E-state index in [9.17, 15) is 9.59 Å². The molecule has 0 unspecified atom stereocenters. The molecule has 0 aliphatic rings. The third-order valence-electron chi connectivity index (χ3n) is 3.36. The van der Waals surface area contributed by atoms with Gasteiger partial charge >= 0.3 is 139 Å². The van der Waals surface area contributed by atoms with Crippen LogP contribution >= 0.6 is 0 Å². The second-order valence-electron chi connectivity index (χ2n) is 5.64. The average molecular weight is 370 g/mol. The first-order valence-electron chi connectivity index (χ1n) is 7.43. The summed E-state index contributed by atoms with van der Waals surface area (Å²) in [7, 11) is 0. The Morgan fingerprint density at radius 1 is 1.32 bits per heavy atom. The Balaban J connectivity index is 2.87. The van der Waals surface area contributed by atoms with Crippen LogP contribution in [-0.4, -0.2) is 32.9 Å². The molecule has 5 heteroatoms. The van der Waals surface area contributed by atoms with E-state index >= 15 is 0 Å². The molecule has 1 aromatic rings. The molecular weight excluding hydrogens is 345 g/mol. The first-order valence-corrected chi connectivity index (χ1v) is 10.4. The molecule has 4 nitrogen and oxygen atoms in total. The summed E-state index contributed by atoms with van der Waals surface area (Å²) in [6, 6.07) is 5.34. The molecule has 0 bridgehead atoms. The van der Waals surface area contributed by atoms with Crippen molar-refractivity contribution in [1.82, 2.24) is 5.32 Å². The first-order chi connectivity index (χ1) is 10.3. The Bertz CT molecular complexity index is 529. The molecule has 0 saturated heterocycles. The van der Waals surface area contributed by atoms with Gasteiger partial charge in [-0.05, 0) is 0 Å². The van der Waals surface area contributed by atoms with Crippen LogP contribution in [-0.2, 0) is 9.59 Å². The van der Waals surface area contributed by atoms with Crippen molar-refractivity contribution in [2.75, 3.05) is 0 Å². The van der Waals surface area contributed by atoms with Crippen molar-refractivity contribution in [2.45, 2.75) is 57.2 Å². The zero-order valence-corrected chi connectivity index (χ0v) is 15.6. The fraction of sp³-hybridized carbons (Fsp3) is 0.529. The average Bonchev–Trinajstić information content (AvgIpc) is 2.45. The molecule has 0 radical (unpaired) electrons. The van der Waals surface area contributed by atoms with Gasteiger partial charge in [0.05, 0.1) is 0 Å². The number of hydrogen-bond acceptors (Lipinski definition) is 3. The molecule has 0 heterocycles. The molecule has 0 aromatic heterocycles. The van der Waals surface area contributed by atoms with Crippen LogP contribution in [0, 0.1) is 6.92 Å². The quantitative estimate of drug-likeness (QED) is 0.456. The van der Waals surface area contributed by atoms with E-state index in [-0.39, 0.29) is 11.9 Å². The first kappa shape index (κ1) is 18.7. The van der Waals surface area contributed by atoms with Crippen molar-refractivity contribution in [1.29, 1.82) is 0 Å². The van der Waals surface area contributed by atoms with Crippen LogP contribution in [0.15, 0.2) is 18.2 Å². The van der Waals surface area contributed by atoms with Gasteiger partial charge in [0.15, 0.2) is 0 Å². The van der Waals surface area contributed by atoms with E-state index in [4.69, 9.17) is 4.74 Å². The maximum atomic E-state index is 12.4. The maximum absolute atomic E-state index is 12.4. The van der Waals surface area contributed by atoms with E-state index in [0.717, 1.165) is 16.4 Å². The number of rotatable bonds is 7. The van der Waals surface area contributed by atoms with Crippen molar-refractivity contribution < 1.29 is 14.3 Å². The van der Waals surface area contributed by atoms with Crippen LogP contribution in [0.25, 0.3) is 0 Å². The van der Waals surface area contributed by atoms with Crippen LogP contribution < -0.4 is 10.1 Å². The Morgan fingerprint density at radius 3 is 2.55 bits per heavy atom. The zero-order valence-electron chi connectivity index (χ0n) is 13.9. The Kier molecular flexibility index (Phi) is 7.63. The number of nitrogens with one attached hydrogen (secondary N) is 1. The van der Waals surface area contributed by atoms with Gasteiger partial charge in [-0.2, -0.15) is 0 Å². The molecule has 0 aliphatic carbocycles. The fourth-order valence-electron chi connectivity index (χ4n) is 2.00. The van der Waals surface area contributed by atoms with E-state index < -0.39 is 6.04 Å². The van der Waals surface area contributed by atoms with E-state index in [1.807, 2.05) is 25.1 Å². The SMILES string of the molecule is C[Se]CC[C@H](NC(C)=O)C(=O)Oc1cc(C(C)C)ccc1C. The normalized spacial score (nSPS) is 12.1. The minimum absolute atomic E-state index is 0.210. The molecule has 1 rings (SSSR count). The molecular formula is C17H25NO3Se. The van der Waals surface area contributed by atoms with E-state index in [1.54, 1.807) is 0 Å². The molecule has 0 aliphatic heterocycles. The second-order valence-corrected chi connectivity index (χ2v) is 7.70. The van der Waals surface area contributed by atoms with Gasteiger partial charge in [-0.3, -0.25) is 0 Å². The molecule has 0 fully saturated rings. The molecule has 1 aromatic carbocycles. The van der Waals surface area contributed by atoms with Gasteiger partial charge in [0.1, 0.15) is 0 Å². The summed E-state index contributed by atoms with van der Waals surface area (Å²) < 4.78 is 5.55. The third kappa shape index (κ3) is 5.82. The second kappa shape index (κ2) is 8.96. The topological polar surface area (TPSA) is 55.4 Å². The van der Waals surface area contributed by atoms with Gasteiger partial charge in [0.2, 0.25) is 0 Å². The van der Waals surface area contributed by atoms with Crippen LogP contribution in [0.5, 0.6) is 5.75 Å². The summed E-state index contributed by atoms with van der Waals surface area (Å²) in [5.74, 6) is 2.46. The number of ether oxygens (including phenoxy) is 1. The number of hydrogen-bond donors (Lipinski definition) is 1. The Morgan fingerprint density at radius 2 is 2.00 bits per heavy atom. The van der Waals surface area contributed by atoms with Crippen molar-refractivity contribution in [3.8, 4) is 5.75 Å². The summed E-state index contributed by atoms with van der Waals surface area (Å²) in [6.07, 6.45) is 0.623. The van der Waals surface area contributed by atoms with Crippen molar-refractivity contribution in [3.05, 3.63) is 29.3 Å². The summed E-state index contributed by atoms with van der Waals surface area (Å²) in [6.45, 7) is 7.52. The summed E-state index contributed by atoms with van der Waals surface area (Å²) >= 11 is 0.463.